The first-order valence-electron chi connectivity index (χ1n) is 6.07. The molecule has 1 N–H and O–H groups in total. The number of aryl methyl sites for hydroxylation is 1. The molecule has 0 radical (unpaired) electrons. The molecule has 1 fully saturated rings. The Morgan fingerprint density at radius 3 is 3.12 bits per heavy atom. The molecule has 3 heterocycles. The van der Waals surface area contributed by atoms with Gasteiger partial charge in [-0.25, -0.2) is 9.37 Å². The van der Waals surface area contributed by atoms with E-state index in [-0.39, 0.29) is 5.82 Å². The number of nitrogens with zero attached hydrogens (tertiary/aromatic N) is 2. The van der Waals surface area contributed by atoms with Gasteiger partial charge in [0.1, 0.15) is 11.5 Å². The summed E-state index contributed by atoms with van der Waals surface area (Å²) in [6, 6.07) is 3.63. The molecule has 0 aliphatic carbocycles. The minimum Gasteiger partial charge on any atom is -0.332 e. The van der Waals surface area contributed by atoms with Crippen molar-refractivity contribution in [3.05, 3.63) is 29.8 Å². The van der Waals surface area contributed by atoms with Crippen LogP contribution in [0.1, 0.15) is 24.5 Å². The molecule has 1 atom stereocenters. The molecule has 1 unspecified atom stereocenters. The zero-order chi connectivity index (χ0) is 11.8. The highest BCUT2D eigenvalue weighted by molar-refractivity contribution is 5.77. The molecule has 0 spiro atoms. The van der Waals surface area contributed by atoms with Crippen molar-refractivity contribution in [3.8, 4) is 0 Å². The fourth-order valence-corrected chi connectivity index (χ4v) is 2.71. The number of hydrogen-bond acceptors (Lipinski definition) is 2. The van der Waals surface area contributed by atoms with Gasteiger partial charge < -0.3 is 9.88 Å². The van der Waals surface area contributed by atoms with E-state index >= 15 is 0 Å². The Morgan fingerprint density at radius 1 is 1.47 bits per heavy atom. The summed E-state index contributed by atoms with van der Waals surface area (Å²) in [7, 11) is 2.01. The highest BCUT2D eigenvalue weighted by Crippen LogP contribution is 2.27. The van der Waals surface area contributed by atoms with Gasteiger partial charge >= 0.3 is 0 Å². The molecule has 1 aliphatic rings. The summed E-state index contributed by atoms with van der Waals surface area (Å²) >= 11 is 0. The van der Waals surface area contributed by atoms with E-state index in [1.807, 2.05) is 7.05 Å². The monoisotopic (exact) mass is 233 g/mol. The average Bonchev–Trinajstić information content (AvgIpc) is 2.67. The summed E-state index contributed by atoms with van der Waals surface area (Å²) < 4.78 is 15.2. The molecule has 1 saturated heterocycles. The fraction of sp³-hybridized carbons (Fsp3) is 0.462. The van der Waals surface area contributed by atoms with Crippen molar-refractivity contribution < 1.29 is 4.39 Å². The second-order valence-electron chi connectivity index (χ2n) is 4.74. The maximum Gasteiger partial charge on any atom is 0.142 e. The zero-order valence-corrected chi connectivity index (χ0v) is 9.91. The van der Waals surface area contributed by atoms with Crippen LogP contribution in [0.2, 0.25) is 0 Å². The number of hydrogen-bond donors (Lipinski definition) is 1. The Balaban J connectivity index is 2.07. The maximum absolute atomic E-state index is 13.1. The molecule has 0 bridgehead atoms. The lowest BCUT2D eigenvalue weighted by molar-refractivity contribution is 0.448. The van der Waals surface area contributed by atoms with Gasteiger partial charge in [-0.1, -0.05) is 0 Å². The minimum atomic E-state index is -0.267. The lowest BCUT2D eigenvalue weighted by Gasteiger charge is -2.23. The maximum atomic E-state index is 13.1. The van der Waals surface area contributed by atoms with Crippen LogP contribution in [0.25, 0.3) is 11.0 Å². The second kappa shape index (κ2) is 4.11. The largest absolute Gasteiger partial charge is 0.332 e. The van der Waals surface area contributed by atoms with Crippen LogP contribution >= 0.6 is 0 Å². The molecule has 3 nitrogen and oxygen atoms in total. The van der Waals surface area contributed by atoms with Crippen LogP contribution in [-0.4, -0.2) is 22.6 Å². The van der Waals surface area contributed by atoms with Crippen molar-refractivity contribution >= 4 is 11.0 Å². The molecular formula is C13H16FN3. The number of nitrogens with one attached hydrogen (secondary N) is 1. The van der Waals surface area contributed by atoms with Crippen molar-refractivity contribution in [1.82, 2.24) is 14.9 Å². The first kappa shape index (κ1) is 10.7. The van der Waals surface area contributed by atoms with Crippen molar-refractivity contribution in [1.29, 1.82) is 0 Å². The summed E-state index contributed by atoms with van der Waals surface area (Å²) in [6.07, 6.45) is 3.68. The number of pyridine rings is 1. The third kappa shape index (κ3) is 1.82. The molecule has 1 aliphatic heterocycles. The second-order valence-corrected chi connectivity index (χ2v) is 4.74. The molecule has 90 valence electrons. The van der Waals surface area contributed by atoms with Gasteiger partial charge in [0.2, 0.25) is 0 Å². The van der Waals surface area contributed by atoms with E-state index < -0.39 is 0 Å². The predicted molar refractivity (Wildman–Crippen MR) is 65.5 cm³/mol. The summed E-state index contributed by atoms with van der Waals surface area (Å²) in [5.41, 5.74) is 2.12. The van der Waals surface area contributed by atoms with Crippen LogP contribution in [0.5, 0.6) is 0 Å². The fourth-order valence-electron chi connectivity index (χ4n) is 2.71. The van der Waals surface area contributed by atoms with Gasteiger partial charge in [-0.05, 0) is 31.5 Å². The van der Waals surface area contributed by atoms with E-state index in [0.29, 0.717) is 5.92 Å². The lowest BCUT2D eigenvalue weighted by Crippen LogP contribution is -2.29. The van der Waals surface area contributed by atoms with Crippen molar-refractivity contribution in [2.75, 3.05) is 13.1 Å². The van der Waals surface area contributed by atoms with E-state index in [2.05, 4.69) is 20.9 Å². The first-order chi connectivity index (χ1) is 8.25. The Morgan fingerprint density at radius 2 is 2.35 bits per heavy atom. The van der Waals surface area contributed by atoms with E-state index in [1.54, 1.807) is 6.07 Å². The van der Waals surface area contributed by atoms with Crippen LogP contribution in [-0.2, 0) is 7.05 Å². The molecule has 2 aromatic heterocycles. The summed E-state index contributed by atoms with van der Waals surface area (Å²) in [4.78, 5) is 4.16. The van der Waals surface area contributed by atoms with Gasteiger partial charge in [-0.2, -0.15) is 0 Å². The van der Waals surface area contributed by atoms with Gasteiger partial charge in [0, 0.05) is 30.6 Å². The normalized spacial score (nSPS) is 20.9. The zero-order valence-electron chi connectivity index (χ0n) is 9.91. The third-order valence-corrected chi connectivity index (χ3v) is 3.59. The van der Waals surface area contributed by atoms with Crippen molar-refractivity contribution in [2.24, 2.45) is 7.05 Å². The van der Waals surface area contributed by atoms with Gasteiger partial charge in [0.25, 0.3) is 0 Å². The Bertz CT molecular complexity index is 541. The van der Waals surface area contributed by atoms with E-state index in [9.17, 15) is 4.39 Å². The topological polar surface area (TPSA) is 29.9 Å². The predicted octanol–water partition coefficient (Wildman–Crippen LogP) is 2.18. The number of aromatic nitrogens is 2. The molecule has 3 rings (SSSR count). The Hall–Kier alpha value is -1.42. The number of halogens is 1. The third-order valence-electron chi connectivity index (χ3n) is 3.59. The lowest BCUT2D eigenvalue weighted by atomic mass is 9.96. The van der Waals surface area contributed by atoms with Crippen LogP contribution in [0, 0.1) is 5.82 Å². The van der Waals surface area contributed by atoms with E-state index in [4.69, 9.17) is 0 Å². The summed E-state index contributed by atoms with van der Waals surface area (Å²) in [5.74, 6) is 0.252. The first-order valence-corrected chi connectivity index (χ1v) is 6.07. The SMILES string of the molecule is Cn1c(C2CCCNC2)cc2cc(F)cnc21. The molecule has 4 heteroatoms. The summed E-state index contributed by atoms with van der Waals surface area (Å²) in [6.45, 7) is 2.11. The standard InChI is InChI=1S/C13H16FN3/c1-17-12(9-3-2-4-15-7-9)6-10-5-11(14)8-16-13(10)17/h5-6,8-9,15H,2-4,7H2,1H3. The Kier molecular flexibility index (Phi) is 2.59. The van der Waals surface area contributed by atoms with Crippen LogP contribution in [0.3, 0.4) is 0 Å². The van der Waals surface area contributed by atoms with Gasteiger partial charge in [-0.15, -0.1) is 0 Å². The highest BCUT2D eigenvalue weighted by Gasteiger charge is 2.19. The molecule has 0 aromatic carbocycles. The van der Waals surface area contributed by atoms with E-state index in [1.165, 1.54) is 24.7 Å². The molecular weight excluding hydrogens is 217 g/mol. The average molecular weight is 233 g/mol. The quantitative estimate of drug-likeness (QED) is 0.818. The van der Waals surface area contributed by atoms with Crippen LogP contribution in [0.15, 0.2) is 18.3 Å². The van der Waals surface area contributed by atoms with Crippen LogP contribution < -0.4 is 5.32 Å². The van der Waals surface area contributed by atoms with Crippen molar-refractivity contribution in [2.45, 2.75) is 18.8 Å². The molecule has 17 heavy (non-hydrogen) atoms. The molecule has 0 saturated carbocycles. The smallest absolute Gasteiger partial charge is 0.142 e. The number of piperidine rings is 1. The van der Waals surface area contributed by atoms with Gasteiger partial charge in [0.15, 0.2) is 0 Å². The Labute approximate surface area is 99.7 Å². The van der Waals surface area contributed by atoms with Crippen molar-refractivity contribution in [3.63, 3.8) is 0 Å². The number of fused-ring (bicyclic) bond motifs is 1. The highest BCUT2D eigenvalue weighted by atomic mass is 19.1. The van der Waals surface area contributed by atoms with Gasteiger partial charge in [0.05, 0.1) is 6.20 Å². The van der Waals surface area contributed by atoms with Gasteiger partial charge in [-0.3, -0.25) is 0 Å². The molecule has 0 amide bonds. The molecule has 2 aromatic rings. The van der Waals surface area contributed by atoms with E-state index in [0.717, 1.165) is 24.1 Å². The number of rotatable bonds is 1. The van der Waals surface area contributed by atoms with Crippen LogP contribution in [0.4, 0.5) is 4.39 Å². The minimum absolute atomic E-state index is 0.267. The summed E-state index contributed by atoms with van der Waals surface area (Å²) in [5, 5.41) is 4.30.